The van der Waals surface area contributed by atoms with Crippen molar-refractivity contribution >= 4 is 11.5 Å². The second-order valence-electron chi connectivity index (χ2n) is 5.11. The van der Waals surface area contributed by atoms with Gasteiger partial charge < -0.3 is 0 Å². The van der Waals surface area contributed by atoms with Gasteiger partial charge in [-0.15, -0.1) is 0 Å². The Hall–Kier alpha value is -2.49. The molecule has 1 unspecified atom stereocenters. The Bertz CT molecular complexity index is 704. The summed E-state index contributed by atoms with van der Waals surface area (Å²) in [4.78, 5) is 22.5. The minimum absolute atomic E-state index is 0.0178. The molecule has 1 atom stereocenters. The Morgan fingerprint density at radius 2 is 1.85 bits per heavy atom. The van der Waals surface area contributed by atoms with Crippen molar-refractivity contribution in [1.29, 1.82) is 0 Å². The fraction of sp³-hybridized carbons (Fsp3) is 0.188. The summed E-state index contributed by atoms with van der Waals surface area (Å²) in [5.74, 6) is 0.179. The van der Waals surface area contributed by atoms with Crippen LogP contribution in [0.25, 0.3) is 11.1 Å². The molecule has 0 radical (unpaired) electrons. The van der Waals surface area contributed by atoms with Crippen LogP contribution in [0.15, 0.2) is 42.5 Å². The minimum atomic E-state index is -0.424. The molecular weight excluding hydrogens is 254 g/mol. The van der Waals surface area contributed by atoms with Crippen molar-refractivity contribution in [2.24, 2.45) is 5.92 Å². The van der Waals surface area contributed by atoms with Gasteiger partial charge in [0.15, 0.2) is 5.78 Å². The van der Waals surface area contributed by atoms with Gasteiger partial charge >= 0.3 is 0 Å². The van der Waals surface area contributed by atoms with E-state index in [1.54, 1.807) is 12.1 Å². The Morgan fingerprint density at radius 1 is 1.15 bits per heavy atom. The first kappa shape index (κ1) is 12.5. The van der Waals surface area contributed by atoms with Crippen LogP contribution in [0.1, 0.15) is 22.8 Å². The molecule has 0 bridgehead atoms. The van der Waals surface area contributed by atoms with Crippen LogP contribution >= 0.6 is 0 Å². The van der Waals surface area contributed by atoms with E-state index in [0.29, 0.717) is 0 Å². The average Bonchev–Trinajstić information content (AvgIpc) is 2.74. The molecule has 0 aromatic heterocycles. The van der Waals surface area contributed by atoms with E-state index in [2.05, 4.69) is 0 Å². The zero-order chi connectivity index (χ0) is 14.3. The number of hydrogen-bond acceptors (Lipinski definition) is 3. The molecule has 0 aliphatic heterocycles. The number of benzene rings is 2. The second kappa shape index (κ2) is 4.56. The van der Waals surface area contributed by atoms with Gasteiger partial charge in [-0.05, 0) is 35.2 Å². The molecule has 0 amide bonds. The molecule has 4 nitrogen and oxygen atoms in total. The minimum Gasteiger partial charge on any atom is -0.294 e. The fourth-order valence-electron chi connectivity index (χ4n) is 2.73. The summed E-state index contributed by atoms with van der Waals surface area (Å²) in [6.07, 6.45) is 0.773. The van der Waals surface area contributed by atoms with E-state index in [1.165, 1.54) is 12.1 Å². The Kier molecular flexibility index (Phi) is 2.86. The third-order valence-corrected chi connectivity index (χ3v) is 3.76. The topological polar surface area (TPSA) is 60.2 Å². The molecule has 0 spiro atoms. The average molecular weight is 267 g/mol. The van der Waals surface area contributed by atoms with Crippen molar-refractivity contribution in [2.75, 3.05) is 0 Å². The predicted molar refractivity (Wildman–Crippen MR) is 75.7 cm³/mol. The summed E-state index contributed by atoms with van der Waals surface area (Å²) >= 11 is 0. The first-order chi connectivity index (χ1) is 9.58. The second-order valence-corrected chi connectivity index (χ2v) is 5.11. The number of carbonyl (C=O) groups excluding carboxylic acids is 1. The van der Waals surface area contributed by atoms with Crippen LogP contribution in [0.4, 0.5) is 5.69 Å². The van der Waals surface area contributed by atoms with Crippen LogP contribution in [0.5, 0.6) is 0 Å². The lowest BCUT2D eigenvalue weighted by atomic mass is 9.96. The van der Waals surface area contributed by atoms with Gasteiger partial charge in [0.1, 0.15) is 0 Å². The van der Waals surface area contributed by atoms with E-state index < -0.39 is 4.92 Å². The van der Waals surface area contributed by atoms with Gasteiger partial charge in [0.25, 0.3) is 5.69 Å². The third-order valence-electron chi connectivity index (χ3n) is 3.76. The van der Waals surface area contributed by atoms with Crippen molar-refractivity contribution in [1.82, 2.24) is 0 Å². The molecule has 20 heavy (non-hydrogen) atoms. The van der Waals surface area contributed by atoms with Crippen molar-refractivity contribution < 1.29 is 9.72 Å². The van der Waals surface area contributed by atoms with Gasteiger partial charge in [-0.25, -0.2) is 0 Å². The van der Waals surface area contributed by atoms with Gasteiger partial charge in [-0.3, -0.25) is 14.9 Å². The number of carbonyl (C=O) groups is 1. The molecule has 2 aromatic carbocycles. The molecular formula is C16H13NO3. The number of nitrogens with zero attached hydrogens (tertiary/aromatic N) is 1. The molecule has 1 aliphatic rings. The molecule has 4 heteroatoms. The number of nitro benzene ring substituents is 1. The number of rotatable bonds is 2. The van der Waals surface area contributed by atoms with E-state index in [-0.39, 0.29) is 17.4 Å². The largest absolute Gasteiger partial charge is 0.294 e. The highest BCUT2D eigenvalue weighted by Gasteiger charge is 2.29. The van der Waals surface area contributed by atoms with Crippen LogP contribution in [0.3, 0.4) is 0 Å². The summed E-state index contributed by atoms with van der Waals surface area (Å²) in [6.45, 7) is 1.93. The zero-order valence-electron chi connectivity index (χ0n) is 11.0. The predicted octanol–water partition coefficient (Wildman–Crippen LogP) is 3.64. The van der Waals surface area contributed by atoms with E-state index in [0.717, 1.165) is 28.7 Å². The van der Waals surface area contributed by atoms with E-state index in [1.807, 2.05) is 25.1 Å². The number of ketones is 1. The van der Waals surface area contributed by atoms with Gasteiger partial charge in [-0.2, -0.15) is 0 Å². The fourth-order valence-corrected chi connectivity index (χ4v) is 2.73. The van der Waals surface area contributed by atoms with E-state index in [4.69, 9.17) is 0 Å². The summed E-state index contributed by atoms with van der Waals surface area (Å²) in [6, 6.07) is 12.1. The number of non-ortho nitro benzene ring substituents is 1. The molecule has 3 rings (SSSR count). The Balaban J connectivity index is 2.10. The summed E-state index contributed by atoms with van der Waals surface area (Å²) in [7, 11) is 0. The number of nitro groups is 1. The van der Waals surface area contributed by atoms with Gasteiger partial charge in [-0.1, -0.05) is 25.1 Å². The lowest BCUT2D eigenvalue weighted by Gasteiger charge is -2.07. The first-order valence-corrected chi connectivity index (χ1v) is 6.49. The summed E-state index contributed by atoms with van der Waals surface area (Å²) in [5.41, 5.74) is 3.61. The van der Waals surface area contributed by atoms with Crippen LogP contribution in [-0.4, -0.2) is 10.7 Å². The summed E-state index contributed by atoms with van der Waals surface area (Å²) in [5, 5.41) is 10.7. The van der Waals surface area contributed by atoms with Crippen molar-refractivity contribution in [2.45, 2.75) is 13.3 Å². The molecule has 0 heterocycles. The first-order valence-electron chi connectivity index (χ1n) is 6.49. The lowest BCUT2D eigenvalue weighted by Crippen LogP contribution is -2.04. The molecule has 1 aliphatic carbocycles. The van der Waals surface area contributed by atoms with Crippen molar-refractivity contribution in [3.05, 3.63) is 63.7 Å². The lowest BCUT2D eigenvalue weighted by molar-refractivity contribution is -0.384. The Morgan fingerprint density at radius 3 is 2.50 bits per heavy atom. The van der Waals surface area contributed by atoms with E-state index in [9.17, 15) is 14.9 Å². The van der Waals surface area contributed by atoms with Gasteiger partial charge in [0, 0.05) is 23.6 Å². The maximum Gasteiger partial charge on any atom is 0.269 e. The van der Waals surface area contributed by atoms with Crippen molar-refractivity contribution in [3.8, 4) is 11.1 Å². The smallest absolute Gasteiger partial charge is 0.269 e. The number of fused-ring (bicyclic) bond motifs is 1. The molecule has 0 fully saturated rings. The van der Waals surface area contributed by atoms with Crippen LogP contribution in [-0.2, 0) is 6.42 Å². The summed E-state index contributed by atoms with van der Waals surface area (Å²) < 4.78 is 0. The maximum absolute atomic E-state index is 12.3. The van der Waals surface area contributed by atoms with Crippen molar-refractivity contribution in [3.63, 3.8) is 0 Å². The standard InChI is InChI=1S/C16H13NO3/c1-10-9-12-3-2-4-14(15(12)16(10)18)11-5-7-13(8-6-11)17(19)20/h2-8,10H,9H2,1H3. The van der Waals surface area contributed by atoms with Crippen LogP contribution < -0.4 is 0 Å². The zero-order valence-corrected chi connectivity index (χ0v) is 11.0. The van der Waals surface area contributed by atoms with Gasteiger partial charge in [0.05, 0.1) is 4.92 Å². The highest BCUT2D eigenvalue weighted by Crippen LogP contribution is 2.35. The molecule has 2 aromatic rings. The van der Waals surface area contributed by atoms with Gasteiger partial charge in [0.2, 0.25) is 0 Å². The molecule has 0 saturated heterocycles. The highest BCUT2D eigenvalue weighted by molar-refractivity contribution is 6.07. The Labute approximate surface area is 116 Å². The highest BCUT2D eigenvalue weighted by atomic mass is 16.6. The van der Waals surface area contributed by atoms with Crippen LogP contribution in [0.2, 0.25) is 0 Å². The number of hydrogen-bond donors (Lipinski definition) is 0. The normalized spacial score (nSPS) is 17.1. The quantitative estimate of drug-likeness (QED) is 0.616. The van der Waals surface area contributed by atoms with E-state index >= 15 is 0 Å². The molecule has 100 valence electrons. The maximum atomic E-state index is 12.3. The molecule has 0 N–H and O–H groups in total. The number of Topliss-reactive ketones (excluding diaryl/α,β-unsaturated/α-hetero) is 1. The van der Waals surface area contributed by atoms with Crippen LogP contribution in [0, 0.1) is 16.0 Å². The molecule has 0 saturated carbocycles. The third kappa shape index (κ3) is 1.90. The SMILES string of the molecule is CC1Cc2cccc(-c3ccc([N+](=O)[O-])cc3)c2C1=O. The monoisotopic (exact) mass is 267 g/mol.